The molecule has 0 saturated carbocycles. The second-order valence-corrected chi connectivity index (χ2v) is 8.92. The molecular weight excluding hydrogens is 316 g/mol. The molecule has 2 aromatic rings. The van der Waals surface area contributed by atoms with Crippen molar-refractivity contribution in [3.05, 3.63) is 46.5 Å². The molecule has 0 amide bonds. The van der Waals surface area contributed by atoms with Crippen LogP contribution in [0.1, 0.15) is 62.8 Å². The number of fused-ring (bicyclic) bond motifs is 4. The molecule has 4 rings (SSSR count). The van der Waals surface area contributed by atoms with E-state index >= 15 is 0 Å². The van der Waals surface area contributed by atoms with Gasteiger partial charge < -0.3 is 20.4 Å². The van der Waals surface area contributed by atoms with Crippen molar-refractivity contribution in [3.63, 3.8) is 0 Å². The largest absolute Gasteiger partial charge is 0.504 e. The molecule has 132 valence electrons. The first-order chi connectivity index (χ1) is 11.5. The third-order valence-electron chi connectivity index (χ3n) is 6.22. The van der Waals surface area contributed by atoms with Crippen LogP contribution in [-0.2, 0) is 16.2 Å². The Labute approximate surface area is 147 Å². The Balaban J connectivity index is 2.14. The maximum Gasteiger partial charge on any atom is 0.161 e. The minimum absolute atomic E-state index is 0.116. The molecule has 4 N–H and O–H groups in total. The van der Waals surface area contributed by atoms with Crippen LogP contribution in [0, 0.1) is 0 Å². The molecule has 0 unspecified atom stereocenters. The summed E-state index contributed by atoms with van der Waals surface area (Å²) in [5, 5.41) is 41.8. The predicted molar refractivity (Wildman–Crippen MR) is 95.6 cm³/mol. The summed E-state index contributed by atoms with van der Waals surface area (Å²) in [5.41, 5.74) is 2.24. The summed E-state index contributed by atoms with van der Waals surface area (Å²) in [6.45, 7) is 8.45. The van der Waals surface area contributed by atoms with Crippen molar-refractivity contribution in [2.45, 2.75) is 56.8 Å². The van der Waals surface area contributed by atoms with Crippen LogP contribution < -0.4 is 0 Å². The van der Waals surface area contributed by atoms with Crippen LogP contribution in [0.25, 0.3) is 0 Å². The summed E-state index contributed by atoms with van der Waals surface area (Å²) in [6, 6.07) is 6.78. The number of hydrogen-bond donors (Lipinski definition) is 4. The fourth-order valence-corrected chi connectivity index (χ4v) is 5.50. The van der Waals surface area contributed by atoms with E-state index < -0.39 is 5.41 Å². The van der Waals surface area contributed by atoms with Crippen molar-refractivity contribution in [2.75, 3.05) is 0 Å². The van der Waals surface area contributed by atoms with Gasteiger partial charge in [-0.05, 0) is 46.9 Å². The minimum atomic E-state index is -0.636. The zero-order valence-corrected chi connectivity index (χ0v) is 15.0. The molecule has 0 bridgehead atoms. The van der Waals surface area contributed by atoms with Crippen LogP contribution in [0.3, 0.4) is 0 Å². The van der Waals surface area contributed by atoms with Crippen molar-refractivity contribution in [2.24, 2.45) is 0 Å². The van der Waals surface area contributed by atoms with Gasteiger partial charge >= 0.3 is 0 Å². The van der Waals surface area contributed by atoms with Gasteiger partial charge in [0.15, 0.2) is 23.0 Å². The van der Waals surface area contributed by atoms with E-state index in [0.717, 1.165) is 11.1 Å². The average Bonchev–Trinajstić information content (AvgIpc) is 2.86. The summed E-state index contributed by atoms with van der Waals surface area (Å²) < 4.78 is 0. The molecule has 0 aromatic heterocycles. The van der Waals surface area contributed by atoms with Crippen LogP contribution in [0.15, 0.2) is 24.3 Å². The van der Waals surface area contributed by atoms with Gasteiger partial charge in [-0.3, -0.25) is 0 Å². The molecule has 1 spiro atoms. The van der Waals surface area contributed by atoms with E-state index in [1.165, 1.54) is 12.1 Å². The van der Waals surface area contributed by atoms with Crippen molar-refractivity contribution in [3.8, 4) is 23.0 Å². The minimum Gasteiger partial charge on any atom is -0.504 e. The van der Waals surface area contributed by atoms with Gasteiger partial charge in [0.25, 0.3) is 0 Å². The zero-order valence-electron chi connectivity index (χ0n) is 15.0. The van der Waals surface area contributed by atoms with E-state index in [1.807, 2.05) is 12.1 Å². The lowest BCUT2D eigenvalue weighted by molar-refractivity contribution is 0.328. The zero-order chi connectivity index (χ0) is 18.4. The lowest BCUT2D eigenvalue weighted by Gasteiger charge is -2.31. The van der Waals surface area contributed by atoms with Crippen LogP contribution in [0.4, 0.5) is 0 Å². The molecule has 0 saturated heterocycles. The fourth-order valence-electron chi connectivity index (χ4n) is 5.50. The molecule has 25 heavy (non-hydrogen) atoms. The Bertz CT molecular complexity index is 833. The Hall–Kier alpha value is -2.36. The predicted octanol–water partition coefficient (Wildman–Crippen LogP) is 4.16. The number of phenolic OH excluding ortho intramolecular Hbond substituents is 4. The summed E-state index contributed by atoms with van der Waals surface area (Å²) in [4.78, 5) is 0. The number of hydrogen-bond acceptors (Lipinski definition) is 4. The third-order valence-corrected chi connectivity index (χ3v) is 6.22. The highest BCUT2D eigenvalue weighted by Crippen LogP contribution is 2.67. The van der Waals surface area contributed by atoms with Crippen molar-refractivity contribution in [1.29, 1.82) is 0 Å². The van der Waals surface area contributed by atoms with Crippen LogP contribution >= 0.6 is 0 Å². The summed E-state index contributed by atoms with van der Waals surface area (Å²) in [7, 11) is 0. The molecule has 4 nitrogen and oxygen atoms in total. The van der Waals surface area contributed by atoms with Crippen LogP contribution in [0.5, 0.6) is 23.0 Å². The fraction of sp³-hybridized carbons (Fsp3) is 0.429. The Morgan fingerprint density at radius 1 is 0.640 bits per heavy atom. The highest BCUT2D eigenvalue weighted by Gasteiger charge is 2.59. The van der Waals surface area contributed by atoms with E-state index in [2.05, 4.69) is 27.7 Å². The lowest BCUT2D eigenvalue weighted by Crippen LogP contribution is -2.27. The van der Waals surface area contributed by atoms with Gasteiger partial charge in [-0.2, -0.15) is 0 Å². The summed E-state index contributed by atoms with van der Waals surface area (Å²) in [6.07, 6.45) is 1.39. The molecule has 2 aliphatic rings. The normalized spacial score (nSPS) is 21.3. The molecule has 0 aliphatic heterocycles. The van der Waals surface area contributed by atoms with Crippen LogP contribution in [0.2, 0.25) is 0 Å². The second-order valence-electron chi connectivity index (χ2n) is 8.92. The lowest BCUT2D eigenvalue weighted by atomic mass is 9.72. The smallest absolute Gasteiger partial charge is 0.161 e. The number of phenols is 4. The van der Waals surface area contributed by atoms with E-state index in [1.54, 1.807) is 0 Å². The first-order valence-electron chi connectivity index (χ1n) is 8.63. The van der Waals surface area contributed by atoms with E-state index in [9.17, 15) is 20.4 Å². The molecule has 4 heteroatoms. The topological polar surface area (TPSA) is 80.9 Å². The summed E-state index contributed by atoms with van der Waals surface area (Å²) in [5.74, 6) is -0.535. The van der Waals surface area contributed by atoms with E-state index in [4.69, 9.17) is 0 Å². The Morgan fingerprint density at radius 2 is 1.00 bits per heavy atom. The number of benzene rings is 2. The highest BCUT2D eigenvalue weighted by atomic mass is 16.3. The van der Waals surface area contributed by atoms with Gasteiger partial charge in [-0.1, -0.05) is 39.8 Å². The Kier molecular flexibility index (Phi) is 2.85. The molecular formula is C21H24O4. The molecule has 0 radical (unpaired) electrons. The average molecular weight is 340 g/mol. The maximum absolute atomic E-state index is 10.7. The quantitative estimate of drug-likeness (QED) is 0.543. The first kappa shape index (κ1) is 16.1. The maximum atomic E-state index is 10.7. The molecule has 0 atom stereocenters. The van der Waals surface area contributed by atoms with Gasteiger partial charge in [0.1, 0.15) is 0 Å². The van der Waals surface area contributed by atoms with Crippen molar-refractivity contribution in [1.82, 2.24) is 0 Å². The third kappa shape index (κ3) is 1.82. The van der Waals surface area contributed by atoms with E-state index in [0.29, 0.717) is 24.0 Å². The standard InChI is InChI=1S/C21H24O4/c1-19(2)9-21(15-11(19)5-7-13(22)17(15)24)10-20(3,4)12-6-8-14(23)18(25)16(12)21/h5-8,22-25H,9-10H2,1-4H3. The second kappa shape index (κ2) is 4.43. The summed E-state index contributed by atoms with van der Waals surface area (Å²) >= 11 is 0. The molecule has 2 aliphatic carbocycles. The first-order valence-corrected chi connectivity index (χ1v) is 8.63. The van der Waals surface area contributed by atoms with Gasteiger partial charge in [0.05, 0.1) is 0 Å². The molecule has 2 aromatic carbocycles. The molecule has 0 fully saturated rings. The number of aromatic hydroxyl groups is 4. The highest BCUT2D eigenvalue weighted by molar-refractivity contribution is 5.69. The van der Waals surface area contributed by atoms with Gasteiger partial charge in [-0.25, -0.2) is 0 Å². The van der Waals surface area contributed by atoms with Gasteiger partial charge in [0, 0.05) is 16.5 Å². The van der Waals surface area contributed by atoms with E-state index in [-0.39, 0.29) is 33.8 Å². The van der Waals surface area contributed by atoms with Crippen LogP contribution in [-0.4, -0.2) is 20.4 Å². The molecule has 0 heterocycles. The SMILES string of the molecule is CC1(C)CC2(CC(C)(C)c3ccc(O)c(O)c32)c2c1ccc(O)c2O. The van der Waals surface area contributed by atoms with Crippen molar-refractivity contribution >= 4 is 0 Å². The van der Waals surface area contributed by atoms with Crippen molar-refractivity contribution < 1.29 is 20.4 Å². The van der Waals surface area contributed by atoms with Gasteiger partial charge in [-0.15, -0.1) is 0 Å². The van der Waals surface area contributed by atoms with Gasteiger partial charge in [0.2, 0.25) is 0 Å². The number of rotatable bonds is 0. The monoisotopic (exact) mass is 340 g/mol. The Morgan fingerprint density at radius 3 is 1.36 bits per heavy atom.